The van der Waals surface area contributed by atoms with Crippen molar-refractivity contribution in [3.05, 3.63) is 35.8 Å². The van der Waals surface area contributed by atoms with Crippen molar-refractivity contribution in [2.45, 2.75) is 23.2 Å². The maximum Gasteiger partial charge on any atom is 0.417 e. The Labute approximate surface area is 117 Å². The molecule has 0 atom stereocenters. The number of nitrogens with zero attached hydrogens (tertiary/aromatic N) is 3. The van der Waals surface area contributed by atoms with Crippen molar-refractivity contribution < 1.29 is 13.2 Å². The second-order valence-electron chi connectivity index (χ2n) is 3.87. The fourth-order valence-electron chi connectivity index (χ4n) is 1.44. The lowest BCUT2D eigenvalue weighted by atomic mass is 10.3. The highest BCUT2D eigenvalue weighted by atomic mass is 32.2. The van der Waals surface area contributed by atoms with Crippen molar-refractivity contribution in [1.82, 2.24) is 15.0 Å². The van der Waals surface area contributed by atoms with Crippen LogP contribution in [0, 0.1) is 6.92 Å². The Kier molecular flexibility index (Phi) is 4.12. The number of anilines is 1. The van der Waals surface area contributed by atoms with Crippen LogP contribution in [0.15, 0.2) is 34.4 Å². The molecule has 0 saturated carbocycles. The monoisotopic (exact) mass is 300 g/mol. The van der Waals surface area contributed by atoms with Gasteiger partial charge < -0.3 is 5.32 Å². The van der Waals surface area contributed by atoms with E-state index in [0.29, 0.717) is 21.7 Å². The molecule has 2 rings (SSSR count). The van der Waals surface area contributed by atoms with Crippen LogP contribution in [-0.2, 0) is 6.18 Å². The lowest BCUT2D eigenvalue weighted by molar-refractivity contribution is -0.137. The van der Waals surface area contributed by atoms with Gasteiger partial charge in [0.25, 0.3) is 0 Å². The van der Waals surface area contributed by atoms with Gasteiger partial charge >= 0.3 is 6.18 Å². The first kappa shape index (κ1) is 14.6. The van der Waals surface area contributed by atoms with Crippen molar-refractivity contribution in [2.75, 3.05) is 12.4 Å². The van der Waals surface area contributed by atoms with Crippen LogP contribution in [0.25, 0.3) is 0 Å². The fourth-order valence-corrected chi connectivity index (χ4v) is 2.24. The summed E-state index contributed by atoms with van der Waals surface area (Å²) in [5.41, 5.74) is -0.767. The number of halogens is 3. The molecule has 20 heavy (non-hydrogen) atoms. The number of pyridine rings is 1. The number of aromatic nitrogens is 3. The Balaban J connectivity index is 2.20. The van der Waals surface area contributed by atoms with Gasteiger partial charge in [0.1, 0.15) is 21.7 Å². The van der Waals surface area contributed by atoms with Gasteiger partial charge in [-0.15, -0.1) is 0 Å². The molecule has 2 heterocycles. The van der Waals surface area contributed by atoms with E-state index in [9.17, 15) is 13.2 Å². The van der Waals surface area contributed by atoms with Gasteiger partial charge in [-0.3, -0.25) is 0 Å². The molecule has 2 aromatic heterocycles. The van der Waals surface area contributed by atoms with Crippen molar-refractivity contribution in [3.63, 3.8) is 0 Å². The molecule has 0 unspecified atom stereocenters. The second-order valence-corrected chi connectivity index (χ2v) is 4.91. The first-order valence-electron chi connectivity index (χ1n) is 5.63. The van der Waals surface area contributed by atoms with E-state index in [1.165, 1.54) is 17.8 Å². The molecule has 2 aromatic rings. The van der Waals surface area contributed by atoms with Gasteiger partial charge in [0, 0.05) is 19.3 Å². The Bertz CT molecular complexity index is 599. The number of rotatable bonds is 3. The van der Waals surface area contributed by atoms with Gasteiger partial charge in [-0.05, 0) is 30.8 Å². The van der Waals surface area contributed by atoms with Crippen molar-refractivity contribution >= 4 is 17.6 Å². The minimum Gasteiger partial charge on any atom is -0.373 e. The maximum absolute atomic E-state index is 12.4. The molecule has 0 saturated heterocycles. The molecule has 4 nitrogen and oxygen atoms in total. The molecule has 0 aliphatic carbocycles. The minimum absolute atomic E-state index is 0.443. The summed E-state index contributed by atoms with van der Waals surface area (Å²) in [6, 6.07) is 4.03. The summed E-state index contributed by atoms with van der Waals surface area (Å²) in [4.78, 5) is 12.1. The Morgan fingerprint density at radius 3 is 2.45 bits per heavy atom. The molecule has 0 aliphatic heterocycles. The number of hydrogen-bond donors (Lipinski definition) is 1. The largest absolute Gasteiger partial charge is 0.417 e. The van der Waals surface area contributed by atoms with Gasteiger partial charge in [0.15, 0.2) is 0 Å². The summed E-state index contributed by atoms with van der Waals surface area (Å²) < 4.78 is 37.3. The van der Waals surface area contributed by atoms with Crippen LogP contribution >= 0.6 is 11.8 Å². The SMILES string of the molecule is CNc1cc(Sc2ccc(C(F)(F)F)cn2)nc(C)n1. The zero-order valence-corrected chi connectivity index (χ0v) is 11.5. The first-order chi connectivity index (χ1) is 9.38. The van der Waals surface area contributed by atoms with E-state index in [-0.39, 0.29) is 0 Å². The van der Waals surface area contributed by atoms with E-state index < -0.39 is 11.7 Å². The van der Waals surface area contributed by atoms with E-state index in [1.807, 2.05) is 0 Å². The van der Waals surface area contributed by atoms with Crippen LogP contribution in [0.4, 0.5) is 19.0 Å². The zero-order valence-electron chi connectivity index (χ0n) is 10.7. The Morgan fingerprint density at radius 2 is 1.90 bits per heavy atom. The van der Waals surface area contributed by atoms with Crippen molar-refractivity contribution in [2.24, 2.45) is 0 Å². The van der Waals surface area contributed by atoms with E-state index in [1.54, 1.807) is 20.0 Å². The summed E-state index contributed by atoms with van der Waals surface area (Å²) in [6.45, 7) is 1.74. The molecule has 106 valence electrons. The number of nitrogens with one attached hydrogen (secondary N) is 1. The summed E-state index contributed by atoms with van der Waals surface area (Å²) in [7, 11) is 1.73. The van der Waals surface area contributed by atoms with E-state index in [0.717, 1.165) is 12.3 Å². The lowest BCUT2D eigenvalue weighted by Gasteiger charge is -2.07. The summed E-state index contributed by atoms with van der Waals surface area (Å²) >= 11 is 1.18. The third-order valence-electron chi connectivity index (χ3n) is 2.34. The first-order valence-corrected chi connectivity index (χ1v) is 6.44. The Hall–Kier alpha value is -1.83. The summed E-state index contributed by atoms with van der Waals surface area (Å²) in [5.74, 6) is 1.22. The lowest BCUT2D eigenvalue weighted by Crippen LogP contribution is -2.05. The van der Waals surface area contributed by atoms with E-state index in [2.05, 4.69) is 20.3 Å². The highest BCUT2D eigenvalue weighted by molar-refractivity contribution is 7.99. The minimum atomic E-state index is -4.37. The maximum atomic E-state index is 12.4. The smallest absolute Gasteiger partial charge is 0.373 e. The summed E-state index contributed by atoms with van der Waals surface area (Å²) in [5, 5.41) is 3.95. The van der Waals surface area contributed by atoms with Gasteiger partial charge in [-0.2, -0.15) is 13.2 Å². The summed E-state index contributed by atoms with van der Waals surface area (Å²) in [6.07, 6.45) is -3.56. The highest BCUT2D eigenvalue weighted by Gasteiger charge is 2.30. The topological polar surface area (TPSA) is 50.7 Å². The molecule has 0 amide bonds. The molecule has 0 aliphatic rings. The van der Waals surface area contributed by atoms with Crippen LogP contribution in [0.1, 0.15) is 11.4 Å². The van der Waals surface area contributed by atoms with Crippen molar-refractivity contribution in [1.29, 1.82) is 0 Å². The van der Waals surface area contributed by atoms with E-state index >= 15 is 0 Å². The van der Waals surface area contributed by atoms with Crippen LogP contribution in [-0.4, -0.2) is 22.0 Å². The van der Waals surface area contributed by atoms with Crippen LogP contribution in [0.2, 0.25) is 0 Å². The molecule has 0 bridgehead atoms. The standard InChI is InChI=1S/C12H11F3N4S/c1-7-18-9(16-2)5-11(19-7)20-10-4-3-8(6-17-10)12(13,14)15/h3-6H,1-2H3,(H,16,18,19). The second kappa shape index (κ2) is 5.66. The molecule has 8 heteroatoms. The number of alkyl halides is 3. The van der Waals surface area contributed by atoms with Crippen LogP contribution in [0.3, 0.4) is 0 Å². The molecular formula is C12H11F3N4S. The molecule has 0 radical (unpaired) electrons. The van der Waals surface area contributed by atoms with E-state index in [4.69, 9.17) is 0 Å². The average Bonchev–Trinajstić information content (AvgIpc) is 2.37. The number of hydrogen-bond acceptors (Lipinski definition) is 5. The predicted octanol–water partition coefficient (Wildman–Crippen LogP) is 3.39. The number of aryl methyl sites for hydroxylation is 1. The molecular weight excluding hydrogens is 289 g/mol. The average molecular weight is 300 g/mol. The van der Waals surface area contributed by atoms with Crippen LogP contribution < -0.4 is 5.32 Å². The molecule has 0 aromatic carbocycles. The zero-order chi connectivity index (χ0) is 14.8. The third kappa shape index (κ3) is 3.60. The predicted molar refractivity (Wildman–Crippen MR) is 69.7 cm³/mol. The van der Waals surface area contributed by atoms with Gasteiger partial charge in [-0.25, -0.2) is 15.0 Å². The normalized spacial score (nSPS) is 11.4. The molecule has 0 fully saturated rings. The van der Waals surface area contributed by atoms with Gasteiger partial charge in [-0.1, -0.05) is 0 Å². The van der Waals surface area contributed by atoms with Crippen LogP contribution in [0.5, 0.6) is 0 Å². The van der Waals surface area contributed by atoms with Crippen molar-refractivity contribution in [3.8, 4) is 0 Å². The highest BCUT2D eigenvalue weighted by Crippen LogP contribution is 2.31. The quantitative estimate of drug-likeness (QED) is 0.881. The molecule has 0 spiro atoms. The van der Waals surface area contributed by atoms with Gasteiger partial charge in [0.2, 0.25) is 0 Å². The third-order valence-corrected chi connectivity index (χ3v) is 3.21. The fraction of sp³-hybridized carbons (Fsp3) is 0.250. The Morgan fingerprint density at radius 1 is 1.15 bits per heavy atom. The molecule has 1 N–H and O–H groups in total. The van der Waals surface area contributed by atoms with Gasteiger partial charge in [0.05, 0.1) is 5.56 Å².